The number of ether oxygens (including phenoxy) is 1. The molecule has 0 atom stereocenters. The van der Waals surface area contributed by atoms with Crippen LogP contribution in [0.1, 0.15) is 62.7 Å². The standard InChI is InChI=1S/C26H35N3O3/c1-19(2)15-16-32-24-10-6-9-23(17-24)27-18-25(30)28-22-13-11-20(12-14-22)26(31)29-21-7-4-3-5-8-21/h6,9-14,17,19,21,27H,3-5,7-8,15-16,18H2,1-2H3,(H,28,30)(H,29,31). The lowest BCUT2D eigenvalue weighted by molar-refractivity contribution is -0.114. The number of benzene rings is 2. The highest BCUT2D eigenvalue weighted by Crippen LogP contribution is 2.19. The fourth-order valence-electron chi connectivity index (χ4n) is 3.72. The molecule has 1 aliphatic carbocycles. The summed E-state index contributed by atoms with van der Waals surface area (Å²) in [6.45, 7) is 5.15. The Morgan fingerprint density at radius 2 is 1.75 bits per heavy atom. The Kier molecular flexibility index (Phi) is 8.96. The second kappa shape index (κ2) is 12.1. The van der Waals surface area contributed by atoms with E-state index in [9.17, 15) is 9.59 Å². The Morgan fingerprint density at radius 3 is 2.47 bits per heavy atom. The second-order valence-corrected chi connectivity index (χ2v) is 8.85. The van der Waals surface area contributed by atoms with E-state index in [0.29, 0.717) is 23.8 Å². The first-order valence-electron chi connectivity index (χ1n) is 11.7. The molecule has 1 aliphatic rings. The van der Waals surface area contributed by atoms with Crippen LogP contribution >= 0.6 is 0 Å². The van der Waals surface area contributed by atoms with E-state index in [4.69, 9.17) is 4.74 Å². The van der Waals surface area contributed by atoms with Crippen molar-refractivity contribution in [3.8, 4) is 5.75 Å². The third-order valence-electron chi connectivity index (χ3n) is 5.62. The first-order valence-corrected chi connectivity index (χ1v) is 11.7. The van der Waals surface area contributed by atoms with Gasteiger partial charge in [-0.15, -0.1) is 0 Å². The van der Waals surface area contributed by atoms with E-state index in [1.807, 2.05) is 24.3 Å². The molecule has 172 valence electrons. The summed E-state index contributed by atoms with van der Waals surface area (Å²) < 4.78 is 5.77. The fourth-order valence-corrected chi connectivity index (χ4v) is 3.72. The SMILES string of the molecule is CC(C)CCOc1cccc(NCC(=O)Nc2ccc(C(=O)NC3CCCCC3)cc2)c1. The predicted octanol–water partition coefficient (Wildman–Crippen LogP) is 5.22. The van der Waals surface area contributed by atoms with Crippen molar-refractivity contribution in [3.05, 3.63) is 54.1 Å². The van der Waals surface area contributed by atoms with Crippen LogP contribution < -0.4 is 20.7 Å². The van der Waals surface area contributed by atoms with Crippen LogP contribution in [0, 0.1) is 5.92 Å². The number of carbonyl (C=O) groups excluding carboxylic acids is 2. The summed E-state index contributed by atoms with van der Waals surface area (Å²) in [5.41, 5.74) is 2.11. The minimum atomic E-state index is -0.157. The summed E-state index contributed by atoms with van der Waals surface area (Å²) in [5, 5.41) is 9.09. The quantitative estimate of drug-likeness (QED) is 0.476. The zero-order chi connectivity index (χ0) is 22.8. The predicted molar refractivity (Wildman–Crippen MR) is 129 cm³/mol. The van der Waals surface area contributed by atoms with E-state index in [-0.39, 0.29) is 24.4 Å². The van der Waals surface area contributed by atoms with E-state index < -0.39 is 0 Å². The number of hydrogen-bond acceptors (Lipinski definition) is 4. The largest absolute Gasteiger partial charge is 0.494 e. The maximum atomic E-state index is 12.4. The monoisotopic (exact) mass is 437 g/mol. The molecule has 0 radical (unpaired) electrons. The molecule has 0 aliphatic heterocycles. The Hall–Kier alpha value is -3.02. The van der Waals surface area contributed by atoms with Crippen molar-refractivity contribution >= 4 is 23.2 Å². The van der Waals surface area contributed by atoms with Crippen molar-refractivity contribution in [1.29, 1.82) is 0 Å². The Labute approximate surface area is 191 Å². The van der Waals surface area contributed by atoms with Gasteiger partial charge in [0.2, 0.25) is 5.91 Å². The maximum absolute atomic E-state index is 12.4. The Morgan fingerprint density at radius 1 is 1.00 bits per heavy atom. The zero-order valence-corrected chi connectivity index (χ0v) is 19.2. The molecule has 2 aromatic carbocycles. The van der Waals surface area contributed by atoms with Gasteiger partial charge in [0.25, 0.3) is 5.91 Å². The first-order chi connectivity index (χ1) is 15.5. The van der Waals surface area contributed by atoms with Crippen molar-refractivity contribution in [2.24, 2.45) is 5.92 Å². The van der Waals surface area contributed by atoms with Gasteiger partial charge in [0, 0.05) is 29.0 Å². The molecular weight excluding hydrogens is 402 g/mol. The minimum Gasteiger partial charge on any atom is -0.494 e. The van der Waals surface area contributed by atoms with Crippen molar-refractivity contribution in [1.82, 2.24) is 5.32 Å². The van der Waals surface area contributed by atoms with E-state index in [1.165, 1.54) is 19.3 Å². The van der Waals surface area contributed by atoms with Crippen LogP contribution in [0.3, 0.4) is 0 Å². The van der Waals surface area contributed by atoms with Gasteiger partial charge in [-0.05, 0) is 61.6 Å². The van der Waals surface area contributed by atoms with E-state index >= 15 is 0 Å². The van der Waals surface area contributed by atoms with Crippen LogP contribution in [-0.4, -0.2) is 31.0 Å². The van der Waals surface area contributed by atoms with E-state index in [2.05, 4.69) is 29.8 Å². The topological polar surface area (TPSA) is 79.5 Å². The van der Waals surface area contributed by atoms with Crippen molar-refractivity contribution in [3.63, 3.8) is 0 Å². The number of anilines is 2. The highest BCUT2D eigenvalue weighted by Gasteiger charge is 2.16. The average molecular weight is 438 g/mol. The Balaban J connectivity index is 1.43. The summed E-state index contributed by atoms with van der Waals surface area (Å²) in [5.74, 6) is 1.18. The smallest absolute Gasteiger partial charge is 0.251 e. The van der Waals surface area contributed by atoms with Gasteiger partial charge in [-0.3, -0.25) is 9.59 Å². The minimum absolute atomic E-state index is 0.0491. The normalized spacial score (nSPS) is 14.1. The summed E-state index contributed by atoms with van der Waals surface area (Å²) >= 11 is 0. The third kappa shape index (κ3) is 7.91. The molecule has 3 rings (SSSR count). The summed E-state index contributed by atoms with van der Waals surface area (Å²) in [4.78, 5) is 24.7. The van der Waals surface area contributed by atoms with Crippen LogP contribution in [0.5, 0.6) is 5.75 Å². The van der Waals surface area contributed by atoms with Crippen LogP contribution in [0.15, 0.2) is 48.5 Å². The molecule has 0 aromatic heterocycles. The first kappa shape index (κ1) is 23.6. The van der Waals surface area contributed by atoms with Gasteiger partial charge < -0.3 is 20.7 Å². The molecule has 6 nitrogen and oxygen atoms in total. The molecular formula is C26H35N3O3. The highest BCUT2D eigenvalue weighted by molar-refractivity contribution is 5.96. The van der Waals surface area contributed by atoms with Gasteiger partial charge in [0.1, 0.15) is 5.75 Å². The van der Waals surface area contributed by atoms with E-state index in [0.717, 1.165) is 30.7 Å². The van der Waals surface area contributed by atoms with Gasteiger partial charge >= 0.3 is 0 Å². The summed E-state index contributed by atoms with van der Waals surface area (Å²) in [6, 6.07) is 14.9. The number of rotatable bonds is 10. The van der Waals surface area contributed by atoms with Crippen molar-refractivity contribution in [2.45, 2.75) is 58.4 Å². The average Bonchev–Trinajstić information content (AvgIpc) is 2.79. The molecule has 2 aromatic rings. The maximum Gasteiger partial charge on any atom is 0.251 e. The number of nitrogens with one attached hydrogen (secondary N) is 3. The lowest BCUT2D eigenvalue weighted by Crippen LogP contribution is -2.36. The molecule has 0 heterocycles. The lowest BCUT2D eigenvalue weighted by atomic mass is 9.95. The lowest BCUT2D eigenvalue weighted by Gasteiger charge is -2.22. The van der Waals surface area contributed by atoms with Gasteiger partial charge in [-0.2, -0.15) is 0 Å². The number of amides is 2. The van der Waals surface area contributed by atoms with Crippen LogP contribution in [0.25, 0.3) is 0 Å². The number of carbonyl (C=O) groups is 2. The van der Waals surface area contributed by atoms with Gasteiger partial charge in [0.05, 0.1) is 13.2 Å². The van der Waals surface area contributed by atoms with Crippen molar-refractivity contribution in [2.75, 3.05) is 23.8 Å². The van der Waals surface area contributed by atoms with Crippen LogP contribution in [0.2, 0.25) is 0 Å². The highest BCUT2D eigenvalue weighted by atomic mass is 16.5. The molecule has 0 spiro atoms. The molecule has 32 heavy (non-hydrogen) atoms. The molecule has 2 amide bonds. The van der Waals surface area contributed by atoms with Gasteiger partial charge in [0.15, 0.2) is 0 Å². The fraction of sp³-hybridized carbons (Fsp3) is 0.462. The molecule has 0 unspecified atom stereocenters. The summed E-state index contributed by atoms with van der Waals surface area (Å²) in [7, 11) is 0. The molecule has 0 saturated heterocycles. The third-order valence-corrected chi connectivity index (χ3v) is 5.62. The molecule has 3 N–H and O–H groups in total. The Bertz CT molecular complexity index is 874. The van der Waals surface area contributed by atoms with Crippen LogP contribution in [0.4, 0.5) is 11.4 Å². The second-order valence-electron chi connectivity index (χ2n) is 8.85. The van der Waals surface area contributed by atoms with Crippen LogP contribution in [-0.2, 0) is 4.79 Å². The van der Waals surface area contributed by atoms with Crippen molar-refractivity contribution < 1.29 is 14.3 Å². The van der Waals surface area contributed by atoms with E-state index in [1.54, 1.807) is 24.3 Å². The molecule has 1 saturated carbocycles. The summed E-state index contributed by atoms with van der Waals surface area (Å²) in [6.07, 6.45) is 6.73. The molecule has 1 fully saturated rings. The molecule has 6 heteroatoms. The van der Waals surface area contributed by atoms with Gasteiger partial charge in [-0.1, -0.05) is 39.2 Å². The van der Waals surface area contributed by atoms with Gasteiger partial charge in [-0.25, -0.2) is 0 Å². The zero-order valence-electron chi connectivity index (χ0n) is 19.2. The number of hydrogen-bond donors (Lipinski definition) is 3. The molecule has 0 bridgehead atoms.